The molecule has 0 aliphatic rings. The van der Waals surface area contributed by atoms with Gasteiger partial charge in [0.05, 0.1) is 0 Å². The van der Waals surface area contributed by atoms with Crippen LogP contribution in [0.3, 0.4) is 0 Å². The van der Waals surface area contributed by atoms with Crippen LogP contribution in [0, 0.1) is 11.8 Å². The highest BCUT2D eigenvalue weighted by atomic mass is 35.5. The SMILES string of the molecule is Cn1c(=O)n(CCCO)c(=O)c2c1nc(C#CC(C)(C)S(C)(=O)=O)n2-c1ccc(Cl)cc1. The Hall–Kier alpha value is -2.87. The van der Waals surface area contributed by atoms with Crippen LogP contribution in [0.1, 0.15) is 26.1 Å². The Morgan fingerprint density at radius 1 is 1.19 bits per heavy atom. The van der Waals surface area contributed by atoms with Gasteiger partial charge in [0.1, 0.15) is 4.75 Å². The lowest BCUT2D eigenvalue weighted by Gasteiger charge is -2.14. The van der Waals surface area contributed by atoms with Gasteiger partial charge < -0.3 is 5.11 Å². The van der Waals surface area contributed by atoms with Gasteiger partial charge in [0.25, 0.3) is 5.56 Å². The second kappa shape index (κ2) is 8.58. The summed E-state index contributed by atoms with van der Waals surface area (Å²) in [7, 11) is -2.02. The fourth-order valence-electron chi connectivity index (χ4n) is 2.97. The zero-order valence-corrected chi connectivity index (χ0v) is 19.7. The van der Waals surface area contributed by atoms with Crippen LogP contribution < -0.4 is 11.2 Å². The molecule has 0 atom stereocenters. The number of aromatic nitrogens is 4. The fourth-order valence-corrected chi connectivity index (χ4v) is 3.33. The summed E-state index contributed by atoms with van der Waals surface area (Å²) in [5, 5.41) is 9.63. The van der Waals surface area contributed by atoms with Crippen LogP contribution in [0.4, 0.5) is 0 Å². The number of rotatable bonds is 5. The van der Waals surface area contributed by atoms with E-state index in [9.17, 15) is 18.0 Å². The molecule has 0 saturated heterocycles. The number of fused-ring (bicyclic) bond motifs is 1. The summed E-state index contributed by atoms with van der Waals surface area (Å²) in [6.07, 6.45) is 1.32. The lowest BCUT2D eigenvalue weighted by atomic mass is 10.2. The predicted octanol–water partition coefficient (Wildman–Crippen LogP) is 1.10. The van der Waals surface area contributed by atoms with Gasteiger partial charge in [-0.25, -0.2) is 18.2 Å². The molecular weight excluding hydrogens is 456 g/mol. The van der Waals surface area contributed by atoms with E-state index in [1.807, 2.05) is 0 Å². The fraction of sp³-hybridized carbons (Fsp3) is 0.381. The van der Waals surface area contributed by atoms with Crippen LogP contribution in [-0.2, 0) is 23.4 Å². The van der Waals surface area contributed by atoms with Crippen molar-refractivity contribution in [1.29, 1.82) is 0 Å². The predicted molar refractivity (Wildman–Crippen MR) is 123 cm³/mol. The van der Waals surface area contributed by atoms with Gasteiger partial charge >= 0.3 is 5.69 Å². The van der Waals surface area contributed by atoms with Crippen LogP contribution in [-0.4, -0.2) is 49.8 Å². The molecule has 0 bridgehead atoms. The number of hydrogen-bond acceptors (Lipinski definition) is 6. The van der Waals surface area contributed by atoms with Gasteiger partial charge in [-0.05, 0) is 50.5 Å². The summed E-state index contributed by atoms with van der Waals surface area (Å²) in [6.45, 7) is 2.80. The minimum absolute atomic E-state index is 0.0336. The lowest BCUT2D eigenvalue weighted by molar-refractivity contribution is 0.277. The van der Waals surface area contributed by atoms with Gasteiger partial charge in [-0.2, -0.15) is 0 Å². The molecule has 0 fully saturated rings. The normalized spacial score (nSPS) is 12.1. The number of imidazole rings is 1. The maximum atomic E-state index is 13.3. The molecule has 0 amide bonds. The van der Waals surface area contributed by atoms with Crippen LogP contribution in [0.2, 0.25) is 5.02 Å². The van der Waals surface area contributed by atoms with Crippen molar-refractivity contribution in [3.8, 4) is 17.5 Å². The largest absolute Gasteiger partial charge is 0.396 e. The zero-order chi connectivity index (χ0) is 23.8. The number of aliphatic hydroxyl groups excluding tert-OH is 1. The van der Waals surface area contributed by atoms with Gasteiger partial charge in [-0.1, -0.05) is 17.5 Å². The monoisotopic (exact) mass is 478 g/mol. The van der Waals surface area contributed by atoms with Gasteiger partial charge in [0.15, 0.2) is 26.8 Å². The number of aryl methyl sites for hydroxylation is 1. The molecule has 0 saturated carbocycles. The summed E-state index contributed by atoms with van der Waals surface area (Å²) in [5.74, 6) is 5.61. The summed E-state index contributed by atoms with van der Waals surface area (Å²) in [6, 6.07) is 6.59. The molecule has 32 heavy (non-hydrogen) atoms. The second-order valence-corrected chi connectivity index (χ2v) is 10.8. The molecule has 170 valence electrons. The maximum Gasteiger partial charge on any atom is 0.332 e. The first-order chi connectivity index (χ1) is 14.9. The van der Waals surface area contributed by atoms with Crippen molar-refractivity contribution in [3.63, 3.8) is 0 Å². The molecule has 11 heteroatoms. The molecule has 2 aromatic heterocycles. The van der Waals surface area contributed by atoms with Crippen molar-refractivity contribution in [2.75, 3.05) is 12.9 Å². The Labute approximate surface area is 189 Å². The number of benzene rings is 1. The number of aliphatic hydroxyl groups is 1. The van der Waals surface area contributed by atoms with Crippen LogP contribution in [0.15, 0.2) is 33.9 Å². The highest BCUT2D eigenvalue weighted by molar-refractivity contribution is 7.92. The molecule has 3 rings (SSSR count). The van der Waals surface area contributed by atoms with E-state index < -0.39 is 25.8 Å². The minimum atomic E-state index is -3.50. The number of halogens is 1. The van der Waals surface area contributed by atoms with E-state index in [4.69, 9.17) is 16.7 Å². The summed E-state index contributed by atoms with van der Waals surface area (Å²) < 4.78 is 26.5. The van der Waals surface area contributed by atoms with Crippen molar-refractivity contribution in [3.05, 3.63) is 56.0 Å². The Kier molecular flexibility index (Phi) is 6.38. The summed E-state index contributed by atoms with van der Waals surface area (Å²) in [4.78, 5) is 30.4. The quantitative estimate of drug-likeness (QED) is 0.549. The van der Waals surface area contributed by atoms with E-state index in [-0.39, 0.29) is 36.6 Å². The topological polar surface area (TPSA) is 116 Å². The van der Waals surface area contributed by atoms with Crippen LogP contribution in [0.5, 0.6) is 0 Å². The average Bonchev–Trinajstić information content (AvgIpc) is 3.10. The smallest absolute Gasteiger partial charge is 0.332 e. The zero-order valence-electron chi connectivity index (χ0n) is 18.1. The van der Waals surface area contributed by atoms with E-state index in [2.05, 4.69) is 16.8 Å². The first-order valence-electron chi connectivity index (χ1n) is 9.71. The van der Waals surface area contributed by atoms with Crippen molar-refractivity contribution >= 4 is 32.6 Å². The standard InChI is InChI=1S/C21H23ClN4O5S/c1-21(2,32(4,30)31)11-10-16-23-18-17(26(16)15-8-6-14(22)7-9-15)19(28)25(12-5-13-27)20(29)24(18)3/h6-9,27H,5,12-13H2,1-4H3. The molecule has 3 aromatic rings. The molecule has 1 N–H and O–H groups in total. The molecule has 0 aliphatic carbocycles. The van der Waals surface area contributed by atoms with Gasteiger partial charge in [0.2, 0.25) is 0 Å². The highest BCUT2D eigenvalue weighted by Crippen LogP contribution is 2.21. The summed E-state index contributed by atoms with van der Waals surface area (Å²) >= 11 is 6.01. The Morgan fingerprint density at radius 2 is 1.81 bits per heavy atom. The maximum absolute atomic E-state index is 13.3. The van der Waals surface area contributed by atoms with Crippen molar-refractivity contribution in [2.45, 2.75) is 31.6 Å². The Morgan fingerprint density at radius 3 is 2.38 bits per heavy atom. The first-order valence-corrected chi connectivity index (χ1v) is 12.0. The van der Waals surface area contributed by atoms with Gasteiger partial charge in [0, 0.05) is 37.2 Å². The van der Waals surface area contributed by atoms with Gasteiger partial charge in [-0.15, -0.1) is 0 Å². The third-order valence-corrected chi connectivity index (χ3v) is 7.38. The first kappa shape index (κ1) is 23.8. The second-order valence-electron chi connectivity index (χ2n) is 7.83. The molecule has 0 aliphatic heterocycles. The molecule has 0 unspecified atom stereocenters. The third-order valence-electron chi connectivity index (χ3n) is 5.17. The number of hydrogen-bond donors (Lipinski definition) is 1. The molecule has 2 heterocycles. The Balaban J connectivity index is 2.43. The summed E-state index contributed by atoms with van der Waals surface area (Å²) in [5.41, 5.74) is -0.435. The Bertz CT molecular complexity index is 1470. The third kappa shape index (κ3) is 4.24. The van der Waals surface area contributed by atoms with Crippen molar-refractivity contribution in [2.24, 2.45) is 7.05 Å². The molecule has 0 radical (unpaired) electrons. The molecular formula is C21H23ClN4O5S. The minimum Gasteiger partial charge on any atom is -0.396 e. The average molecular weight is 479 g/mol. The highest BCUT2D eigenvalue weighted by Gasteiger charge is 2.28. The van der Waals surface area contributed by atoms with Crippen molar-refractivity contribution < 1.29 is 13.5 Å². The van der Waals surface area contributed by atoms with Crippen LogP contribution in [0.25, 0.3) is 16.9 Å². The van der Waals surface area contributed by atoms with E-state index in [0.717, 1.165) is 10.8 Å². The van der Waals surface area contributed by atoms with E-state index in [0.29, 0.717) is 10.7 Å². The van der Waals surface area contributed by atoms with E-state index in [1.165, 1.54) is 30.0 Å². The van der Waals surface area contributed by atoms with E-state index in [1.54, 1.807) is 24.3 Å². The van der Waals surface area contributed by atoms with Gasteiger partial charge in [-0.3, -0.25) is 18.5 Å². The van der Waals surface area contributed by atoms with Crippen LogP contribution >= 0.6 is 11.6 Å². The molecule has 9 nitrogen and oxygen atoms in total. The number of sulfone groups is 1. The lowest BCUT2D eigenvalue weighted by Crippen LogP contribution is -2.39. The molecule has 1 aromatic carbocycles. The van der Waals surface area contributed by atoms with E-state index >= 15 is 0 Å². The number of nitrogens with zero attached hydrogens (tertiary/aromatic N) is 4. The molecule has 0 spiro atoms. The van der Waals surface area contributed by atoms with Crippen molar-refractivity contribution in [1.82, 2.24) is 18.7 Å².